The number of hydrogen-bond acceptors (Lipinski definition) is 4. The SMILES string of the molecule is CSc1c(C(C)CN)ccc2c1OCCO2. The van der Waals surface area contributed by atoms with Gasteiger partial charge < -0.3 is 15.2 Å². The normalized spacial score (nSPS) is 15.9. The number of benzene rings is 1. The maximum atomic E-state index is 5.72. The Balaban J connectivity index is 2.47. The molecule has 0 aromatic heterocycles. The van der Waals surface area contributed by atoms with E-state index in [-0.39, 0.29) is 0 Å². The van der Waals surface area contributed by atoms with Gasteiger partial charge in [0.15, 0.2) is 11.5 Å². The third-order valence-electron chi connectivity index (χ3n) is 2.78. The highest BCUT2D eigenvalue weighted by atomic mass is 32.2. The van der Waals surface area contributed by atoms with Crippen LogP contribution < -0.4 is 15.2 Å². The highest BCUT2D eigenvalue weighted by Crippen LogP contribution is 2.43. The summed E-state index contributed by atoms with van der Waals surface area (Å²) in [5, 5.41) is 0. The van der Waals surface area contributed by atoms with E-state index >= 15 is 0 Å². The van der Waals surface area contributed by atoms with Crippen LogP contribution in [-0.4, -0.2) is 26.0 Å². The molecule has 4 heteroatoms. The van der Waals surface area contributed by atoms with Gasteiger partial charge >= 0.3 is 0 Å². The van der Waals surface area contributed by atoms with Crippen LogP contribution in [0.5, 0.6) is 11.5 Å². The fourth-order valence-electron chi connectivity index (χ4n) is 1.83. The number of nitrogens with two attached hydrogens (primary N) is 1. The van der Waals surface area contributed by atoms with Crippen molar-refractivity contribution in [1.29, 1.82) is 0 Å². The third-order valence-corrected chi connectivity index (χ3v) is 3.61. The molecular weight excluding hydrogens is 222 g/mol. The molecule has 0 aliphatic carbocycles. The second kappa shape index (κ2) is 4.97. The second-order valence-corrected chi connectivity index (χ2v) is 4.67. The van der Waals surface area contributed by atoms with E-state index in [2.05, 4.69) is 19.2 Å². The number of thioether (sulfide) groups is 1. The monoisotopic (exact) mass is 239 g/mol. The lowest BCUT2D eigenvalue weighted by Gasteiger charge is -2.23. The molecule has 0 spiro atoms. The third kappa shape index (κ3) is 1.99. The standard InChI is InChI=1S/C12H17NO2S/c1-8(7-13)9-3-4-10-11(12(9)16-2)15-6-5-14-10/h3-4,8H,5-7,13H2,1-2H3. The fourth-order valence-corrected chi connectivity index (χ4v) is 2.68. The van der Waals surface area contributed by atoms with Gasteiger partial charge in [-0.1, -0.05) is 13.0 Å². The van der Waals surface area contributed by atoms with Gasteiger partial charge in [0, 0.05) is 0 Å². The van der Waals surface area contributed by atoms with Gasteiger partial charge in [0.1, 0.15) is 13.2 Å². The van der Waals surface area contributed by atoms with Gasteiger partial charge in [-0.15, -0.1) is 11.8 Å². The first-order chi connectivity index (χ1) is 7.77. The molecule has 0 fully saturated rings. The first-order valence-corrected chi connectivity index (χ1v) is 6.67. The van der Waals surface area contributed by atoms with E-state index in [0.29, 0.717) is 25.7 Å². The summed E-state index contributed by atoms with van der Waals surface area (Å²) in [4.78, 5) is 1.16. The summed E-state index contributed by atoms with van der Waals surface area (Å²) in [5.41, 5.74) is 6.97. The summed E-state index contributed by atoms with van der Waals surface area (Å²) >= 11 is 1.69. The Morgan fingerprint density at radius 3 is 2.81 bits per heavy atom. The molecule has 1 atom stereocenters. The van der Waals surface area contributed by atoms with Crippen molar-refractivity contribution in [3.8, 4) is 11.5 Å². The van der Waals surface area contributed by atoms with Gasteiger partial charge in [-0.25, -0.2) is 0 Å². The molecule has 1 aliphatic rings. The lowest BCUT2D eigenvalue weighted by molar-refractivity contribution is 0.167. The Hall–Kier alpha value is -0.870. The van der Waals surface area contributed by atoms with Crippen LogP contribution in [-0.2, 0) is 0 Å². The van der Waals surface area contributed by atoms with Crippen molar-refractivity contribution >= 4 is 11.8 Å². The number of fused-ring (bicyclic) bond motifs is 1. The largest absolute Gasteiger partial charge is 0.486 e. The van der Waals surface area contributed by atoms with Gasteiger partial charge in [0.25, 0.3) is 0 Å². The molecule has 0 amide bonds. The first kappa shape index (κ1) is 11.6. The molecule has 2 rings (SSSR count). The zero-order valence-electron chi connectivity index (χ0n) is 9.66. The molecule has 88 valence electrons. The van der Waals surface area contributed by atoms with Crippen molar-refractivity contribution in [2.24, 2.45) is 5.73 Å². The minimum absolute atomic E-state index is 0.346. The quantitative estimate of drug-likeness (QED) is 0.822. The van der Waals surface area contributed by atoms with Crippen LogP contribution in [0.25, 0.3) is 0 Å². The lowest BCUT2D eigenvalue weighted by Crippen LogP contribution is -2.17. The molecule has 0 bridgehead atoms. The van der Waals surface area contributed by atoms with Crippen molar-refractivity contribution in [2.75, 3.05) is 26.0 Å². The number of rotatable bonds is 3. The van der Waals surface area contributed by atoms with Crippen LogP contribution >= 0.6 is 11.8 Å². The Bertz CT molecular complexity index is 382. The predicted octanol–water partition coefficient (Wildman–Crippen LogP) is 2.24. The van der Waals surface area contributed by atoms with Crippen LogP contribution in [0.15, 0.2) is 17.0 Å². The molecule has 2 N–H and O–H groups in total. The lowest BCUT2D eigenvalue weighted by atomic mass is 10.0. The molecule has 16 heavy (non-hydrogen) atoms. The van der Waals surface area contributed by atoms with Crippen LogP contribution in [0.1, 0.15) is 18.4 Å². The summed E-state index contributed by atoms with van der Waals surface area (Å²) in [5.74, 6) is 2.08. The van der Waals surface area contributed by atoms with Crippen LogP contribution in [0.2, 0.25) is 0 Å². The molecular formula is C12H17NO2S. The molecule has 0 saturated heterocycles. The van der Waals surface area contributed by atoms with Gasteiger partial charge in [-0.3, -0.25) is 0 Å². The van der Waals surface area contributed by atoms with Gasteiger partial charge in [-0.05, 0) is 30.3 Å². The second-order valence-electron chi connectivity index (χ2n) is 3.85. The van der Waals surface area contributed by atoms with E-state index in [0.717, 1.165) is 16.4 Å². The summed E-state index contributed by atoms with van der Waals surface area (Å²) in [6.07, 6.45) is 2.06. The summed E-state index contributed by atoms with van der Waals surface area (Å²) in [7, 11) is 0. The maximum Gasteiger partial charge on any atom is 0.175 e. The van der Waals surface area contributed by atoms with E-state index in [4.69, 9.17) is 15.2 Å². The molecule has 1 aliphatic heterocycles. The van der Waals surface area contributed by atoms with E-state index in [1.807, 2.05) is 6.07 Å². The van der Waals surface area contributed by atoms with Gasteiger partial charge in [0.2, 0.25) is 0 Å². The first-order valence-electron chi connectivity index (χ1n) is 5.44. The maximum absolute atomic E-state index is 5.72. The average Bonchev–Trinajstić information content (AvgIpc) is 2.36. The van der Waals surface area contributed by atoms with Crippen molar-refractivity contribution in [2.45, 2.75) is 17.7 Å². The fraction of sp³-hybridized carbons (Fsp3) is 0.500. The Morgan fingerprint density at radius 2 is 2.12 bits per heavy atom. The van der Waals surface area contributed by atoms with E-state index in [9.17, 15) is 0 Å². The molecule has 0 radical (unpaired) electrons. The molecule has 1 unspecified atom stereocenters. The van der Waals surface area contributed by atoms with Crippen molar-refractivity contribution in [1.82, 2.24) is 0 Å². The molecule has 3 nitrogen and oxygen atoms in total. The molecule has 1 heterocycles. The van der Waals surface area contributed by atoms with E-state index in [1.54, 1.807) is 11.8 Å². The smallest absolute Gasteiger partial charge is 0.175 e. The van der Waals surface area contributed by atoms with Crippen LogP contribution in [0.3, 0.4) is 0 Å². The predicted molar refractivity (Wildman–Crippen MR) is 66.7 cm³/mol. The highest BCUT2D eigenvalue weighted by Gasteiger charge is 2.20. The van der Waals surface area contributed by atoms with E-state index in [1.165, 1.54) is 5.56 Å². The van der Waals surface area contributed by atoms with Crippen molar-refractivity contribution in [3.63, 3.8) is 0 Å². The Kier molecular flexibility index (Phi) is 3.61. The molecule has 0 saturated carbocycles. The summed E-state index contributed by atoms with van der Waals surface area (Å²) in [6.45, 7) is 4.03. The minimum Gasteiger partial charge on any atom is -0.486 e. The topological polar surface area (TPSA) is 44.5 Å². The zero-order valence-corrected chi connectivity index (χ0v) is 10.5. The number of ether oxygens (including phenoxy) is 2. The van der Waals surface area contributed by atoms with Gasteiger partial charge in [-0.2, -0.15) is 0 Å². The average molecular weight is 239 g/mol. The highest BCUT2D eigenvalue weighted by molar-refractivity contribution is 7.98. The number of hydrogen-bond donors (Lipinski definition) is 1. The minimum atomic E-state index is 0.346. The summed E-state index contributed by atoms with van der Waals surface area (Å²) < 4.78 is 11.3. The summed E-state index contributed by atoms with van der Waals surface area (Å²) in [6, 6.07) is 4.08. The Morgan fingerprint density at radius 1 is 1.38 bits per heavy atom. The van der Waals surface area contributed by atoms with Crippen molar-refractivity contribution < 1.29 is 9.47 Å². The molecule has 1 aromatic carbocycles. The van der Waals surface area contributed by atoms with Crippen LogP contribution in [0.4, 0.5) is 0 Å². The molecule has 1 aromatic rings. The van der Waals surface area contributed by atoms with E-state index < -0.39 is 0 Å². The Labute approximate surface area is 100 Å². The van der Waals surface area contributed by atoms with Gasteiger partial charge in [0.05, 0.1) is 4.90 Å². The zero-order chi connectivity index (χ0) is 11.5. The van der Waals surface area contributed by atoms with Crippen molar-refractivity contribution in [3.05, 3.63) is 17.7 Å². The van der Waals surface area contributed by atoms with Crippen LogP contribution in [0, 0.1) is 0 Å².